The summed E-state index contributed by atoms with van der Waals surface area (Å²) < 4.78 is 5.03. The molecule has 1 aromatic heterocycles. The summed E-state index contributed by atoms with van der Waals surface area (Å²) in [5.74, 6) is -0.0742. The minimum absolute atomic E-state index is 0.153. The fourth-order valence-electron chi connectivity index (χ4n) is 1.38. The third-order valence-corrected chi connectivity index (χ3v) is 2.13. The number of benzene rings is 1. The third-order valence-electron chi connectivity index (χ3n) is 2.13. The van der Waals surface area contributed by atoms with Crippen LogP contribution < -0.4 is 0 Å². The van der Waals surface area contributed by atoms with Crippen molar-refractivity contribution in [2.45, 2.75) is 0 Å². The highest BCUT2D eigenvalue weighted by molar-refractivity contribution is 6.07. The molecule has 0 aliphatic carbocycles. The number of hydrogen-bond donors (Lipinski definition) is 2. The Kier molecular flexibility index (Phi) is 2.96. The number of ketones is 1. The van der Waals surface area contributed by atoms with Gasteiger partial charge < -0.3 is 14.6 Å². The zero-order chi connectivity index (χ0) is 12.3. The fourth-order valence-corrected chi connectivity index (χ4v) is 1.38. The van der Waals surface area contributed by atoms with E-state index in [-0.39, 0.29) is 22.8 Å². The van der Waals surface area contributed by atoms with Gasteiger partial charge in [-0.1, -0.05) is 0 Å². The average Bonchev–Trinajstić information content (AvgIpc) is 2.77. The van der Waals surface area contributed by atoms with Crippen molar-refractivity contribution in [3.63, 3.8) is 0 Å². The molecule has 4 heteroatoms. The number of carbonyl (C=O) groups excluding carboxylic acids is 1. The van der Waals surface area contributed by atoms with Crippen molar-refractivity contribution >= 4 is 11.9 Å². The number of aromatic hydroxyl groups is 2. The van der Waals surface area contributed by atoms with Crippen LogP contribution >= 0.6 is 0 Å². The van der Waals surface area contributed by atoms with Gasteiger partial charge in [0, 0.05) is 11.6 Å². The first-order valence-corrected chi connectivity index (χ1v) is 4.94. The maximum Gasteiger partial charge on any atom is 0.186 e. The lowest BCUT2D eigenvalue weighted by Crippen LogP contribution is -1.93. The van der Waals surface area contributed by atoms with Crippen LogP contribution in [0.25, 0.3) is 6.08 Å². The molecule has 0 bridgehead atoms. The zero-order valence-corrected chi connectivity index (χ0v) is 8.83. The highest BCUT2D eigenvalue weighted by Gasteiger charge is 2.05. The van der Waals surface area contributed by atoms with Crippen LogP contribution in [0.4, 0.5) is 0 Å². The van der Waals surface area contributed by atoms with Crippen LogP contribution in [0, 0.1) is 0 Å². The molecule has 0 fully saturated rings. The van der Waals surface area contributed by atoms with E-state index >= 15 is 0 Å². The number of rotatable bonds is 3. The number of allylic oxidation sites excluding steroid dienone is 1. The third kappa shape index (κ3) is 2.75. The van der Waals surface area contributed by atoms with Crippen molar-refractivity contribution in [3.8, 4) is 11.5 Å². The lowest BCUT2D eigenvalue weighted by Gasteiger charge is -1.99. The molecule has 1 heterocycles. The van der Waals surface area contributed by atoms with Gasteiger partial charge in [0.2, 0.25) is 0 Å². The molecule has 2 aromatic rings. The highest BCUT2D eigenvalue weighted by atomic mass is 16.3. The number of phenolic OH excluding ortho intramolecular Hbond substituents is 2. The van der Waals surface area contributed by atoms with Gasteiger partial charge in [0.1, 0.15) is 17.3 Å². The Hall–Kier alpha value is -2.49. The number of phenols is 2. The first kappa shape index (κ1) is 11.0. The second kappa shape index (κ2) is 4.57. The topological polar surface area (TPSA) is 70.7 Å². The molecule has 0 atom stereocenters. The van der Waals surface area contributed by atoms with Gasteiger partial charge in [-0.05, 0) is 36.4 Å². The summed E-state index contributed by atoms with van der Waals surface area (Å²) in [6, 6.07) is 7.16. The standard InChI is InChI=1S/C13H10O4/c14-10-6-9(7-11(15)8-10)13(16)4-3-12-2-1-5-17-12/h1-8,14-15H/b4-3+. The monoisotopic (exact) mass is 230 g/mol. The van der Waals surface area contributed by atoms with Gasteiger partial charge in [0.05, 0.1) is 6.26 Å². The molecule has 0 aliphatic rings. The summed E-state index contributed by atoms with van der Waals surface area (Å²) in [6.45, 7) is 0. The molecule has 1 aromatic carbocycles. The van der Waals surface area contributed by atoms with Crippen LogP contribution in [-0.4, -0.2) is 16.0 Å². The zero-order valence-electron chi connectivity index (χ0n) is 8.83. The summed E-state index contributed by atoms with van der Waals surface area (Å²) in [5.41, 5.74) is 0.213. The SMILES string of the molecule is O=C(/C=C/c1ccco1)c1cc(O)cc(O)c1. The molecule has 0 spiro atoms. The fraction of sp³-hybridized carbons (Fsp3) is 0. The summed E-state index contributed by atoms with van der Waals surface area (Å²) in [6.07, 6.45) is 4.33. The average molecular weight is 230 g/mol. The van der Waals surface area contributed by atoms with Crippen molar-refractivity contribution in [3.05, 3.63) is 54.0 Å². The van der Waals surface area contributed by atoms with E-state index in [1.165, 1.54) is 30.5 Å². The molecule has 0 unspecified atom stereocenters. The molecule has 17 heavy (non-hydrogen) atoms. The van der Waals surface area contributed by atoms with Crippen LogP contribution in [0.2, 0.25) is 0 Å². The van der Waals surface area contributed by atoms with E-state index in [9.17, 15) is 15.0 Å². The van der Waals surface area contributed by atoms with Gasteiger partial charge in [-0.2, -0.15) is 0 Å². The van der Waals surface area contributed by atoms with Gasteiger partial charge >= 0.3 is 0 Å². The van der Waals surface area contributed by atoms with Crippen molar-refractivity contribution < 1.29 is 19.4 Å². The molecule has 0 radical (unpaired) electrons. The summed E-state index contributed by atoms with van der Waals surface area (Å²) in [5, 5.41) is 18.5. The first-order valence-electron chi connectivity index (χ1n) is 4.94. The normalized spacial score (nSPS) is 10.8. The van der Waals surface area contributed by atoms with E-state index in [0.29, 0.717) is 5.76 Å². The Balaban J connectivity index is 2.20. The second-order valence-electron chi connectivity index (χ2n) is 3.45. The molecule has 2 rings (SSSR count). The summed E-state index contributed by atoms with van der Waals surface area (Å²) in [7, 11) is 0. The Bertz CT molecular complexity index is 533. The van der Waals surface area contributed by atoms with Crippen LogP contribution in [0.15, 0.2) is 47.1 Å². The Morgan fingerprint density at radius 2 is 1.88 bits per heavy atom. The Morgan fingerprint density at radius 1 is 1.18 bits per heavy atom. The number of hydrogen-bond acceptors (Lipinski definition) is 4. The molecular formula is C13H10O4. The lowest BCUT2D eigenvalue weighted by atomic mass is 10.1. The van der Waals surface area contributed by atoms with Crippen molar-refractivity contribution in [2.75, 3.05) is 0 Å². The summed E-state index contributed by atoms with van der Waals surface area (Å²) in [4.78, 5) is 11.7. The van der Waals surface area contributed by atoms with Crippen LogP contribution in [0.5, 0.6) is 11.5 Å². The van der Waals surface area contributed by atoms with E-state index < -0.39 is 0 Å². The van der Waals surface area contributed by atoms with Gasteiger partial charge in [-0.25, -0.2) is 0 Å². The van der Waals surface area contributed by atoms with Gasteiger partial charge in [-0.15, -0.1) is 0 Å². The largest absolute Gasteiger partial charge is 0.508 e. The van der Waals surface area contributed by atoms with Gasteiger partial charge in [0.25, 0.3) is 0 Å². The summed E-state index contributed by atoms with van der Waals surface area (Å²) >= 11 is 0. The smallest absolute Gasteiger partial charge is 0.186 e. The van der Waals surface area contributed by atoms with Crippen molar-refractivity contribution in [2.24, 2.45) is 0 Å². The molecule has 0 aliphatic heterocycles. The molecule has 0 amide bonds. The Morgan fingerprint density at radius 3 is 2.47 bits per heavy atom. The first-order chi connectivity index (χ1) is 8.15. The quantitative estimate of drug-likeness (QED) is 0.628. The van der Waals surface area contributed by atoms with Crippen LogP contribution in [-0.2, 0) is 0 Å². The lowest BCUT2D eigenvalue weighted by molar-refractivity contribution is 0.104. The number of carbonyl (C=O) groups is 1. The molecule has 2 N–H and O–H groups in total. The van der Waals surface area contributed by atoms with Crippen molar-refractivity contribution in [1.29, 1.82) is 0 Å². The molecular weight excluding hydrogens is 220 g/mol. The second-order valence-corrected chi connectivity index (χ2v) is 3.45. The minimum Gasteiger partial charge on any atom is -0.508 e. The van der Waals surface area contributed by atoms with E-state index in [0.717, 1.165) is 6.07 Å². The maximum atomic E-state index is 11.7. The number of furan rings is 1. The predicted octanol–water partition coefficient (Wildman–Crippen LogP) is 2.59. The molecule has 4 nitrogen and oxygen atoms in total. The van der Waals surface area contributed by atoms with E-state index in [1.54, 1.807) is 12.1 Å². The van der Waals surface area contributed by atoms with Crippen LogP contribution in [0.1, 0.15) is 16.1 Å². The van der Waals surface area contributed by atoms with E-state index in [1.807, 2.05) is 0 Å². The maximum absolute atomic E-state index is 11.7. The van der Waals surface area contributed by atoms with Crippen molar-refractivity contribution in [1.82, 2.24) is 0 Å². The van der Waals surface area contributed by atoms with E-state index in [4.69, 9.17) is 4.42 Å². The molecule has 86 valence electrons. The minimum atomic E-state index is -0.326. The van der Waals surface area contributed by atoms with Gasteiger partial charge in [-0.3, -0.25) is 4.79 Å². The van der Waals surface area contributed by atoms with Crippen LogP contribution in [0.3, 0.4) is 0 Å². The van der Waals surface area contributed by atoms with Gasteiger partial charge in [0.15, 0.2) is 5.78 Å². The predicted molar refractivity (Wildman–Crippen MR) is 61.8 cm³/mol. The highest BCUT2D eigenvalue weighted by Crippen LogP contribution is 2.21. The Labute approximate surface area is 97.4 Å². The van der Waals surface area contributed by atoms with E-state index in [2.05, 4.69) is 0 Å². The molecule has 0 saturated heterocycles. The molecule has 0 saturated carbocycles.